The number of thioether (sulfide) groups is 1. The van der Waals surface area contributed by atoms with Crippen LogP contribution in [0, 0.1) is 0 Å². The standard InChI is InChI=1S/C13H12N2O5S/c1-5-2-7(20-13(5)19)3-6-4-21-11-8(14)10(16)15(11)9(6)12(17)18/h2-3,8,11H,4,14H2,1H3,(H,17,18)/b7-3+/t8-,11-/m1/s1. The van der Waals surface area contributed by atoms with Crippen LogP contribution in [0.3, 0.4) is 0 Å². The van der Waals surface area contributed by atoms with Crippen molar-refractivity contribution in [3.63, 3.8) is 0 Å². The number of hydrogen-bond acceptors (Lipinski definition) is 6. The lowest BCUT2D eigenvalue weighted by Gasteiger charge is -2.47. The predicted molar refractivity (Wildman–Crippen MR) is 73.7 cm³/mol. The van der Waals surface area contributed by atoms with Gasteiger partial charge in [-0.25, -0.2) is 9.59 Å². The Kier molecular flexibility index (Phi) is 3.14. The molecule has 3 N–H and O–H groups in total. The van der Waals surface area contributed by atoms with Crippen molar-refractivity contribution in [2.24, 2.45) is 5.73 Å². The number of allylic oxidation sites excluding steroid dienone is 2. The summed E-state index contributed by atoms with van der Waals surface area (Å²) in [6, 6.07) is -0.662. The van der Waals surface area contributed by atoms with Crippen LogP contribution in [0.4, 0.5) is 0 Å². The Bertz CT molecular complexity index is 663. The Morgan fingerprint density at radius 3 is 2.86 bits per heavy atom. The number of nitrogens with two attached hydrogens (primary N) is 1. The van der Waals surface area contributed by atoms with Gasteiger partial charge in [0.1, 0.15) is 22.9 Å². The van der Waals surface area contributed by atoms with E-state index in [-0.39, 0.29) is 16.8 Å². The quantitative estimate of drug-likeness (QED) is 0.544. The molecule has 0 aliphatic carbocycles. The van der Waals surface area contributed by atoms with E-state index >= 15 is 0 Å². The van der Waals surface area contributed by atoms with Crippen molar-refractivity contribution in [3.05, 3.63) is 34.8 Å². The van der Waals surface area contributed by atoms with Crippen molar-refractivity contribution in [1.82, 2.24) is 4.90 Å². The van der Waals surface area contributed by atoms with Crippen LogP contribution in [-0.2, 0) is 19.1 Å². The second-order valence-corrected chi connectivity index (χ2v) is 5.98. The zero-order valence-electron chi connectivity index (χ0n) is 11.0. The molecule has 3 aliphatic heterocycles. The zero-order chi connectivity index (χ0) is 15.3. The summed E-state index contributed by atoms with van der Waals surface area (Å²) in [5.41, 5.74) is 6.45. The Balaban J connectivity index is 2.00. The van der Waals surface area contributed by atoms with Crippen molar-refractivity contribution in [2.75, 3.05) is 5.75 Å². The largest absolute Gasteiger partial charge is 0.477 e. The molecule has 1 fully saturated rings. The molecule has 3 heterocycles. The molecule has 2 atom stereocenters. The highest BCUT2D eigenvalue weighted by molar-refractivity contribution is 8.00. The monoisotopic (exact) mass is 308 g/mol. The average molecular weight is 308 g/mol. The minimum Gasteiger partial charge on any atom is -0.477 e. The van der Waals surface area contributed by atoms with Crippen LogP contribution in [0.5, 0.6) is 0 Å². The molecule has 1 amide bonds. The summed E-state index contributed by atoms with van der Waals surface area (Å²) in [5, 5.41) is 9.02. The van der Waals surface area contributed by atoms with Crippen LogP contribution in [0.2, 0.25) is 0 Å². The zero-order valence-corrected chi connectivity index (χ0v) is 11.8. The average Bonchev–Trinajstić information content (AvgIpc) is 2.75. The Morgan fingerprint density at radius 1 is 1.57 bits per heavy atom. The molecule has 0 aromatic rings. The van der Waals surface area contributed by atoms with Crippen molar-refractivity contribution in [1.29, 1.82) is 0 Å². The summed E-state index contributed by atoms with van der Waals surface area (Å²) < 4.78 is 5.00. The second kappa shape index (κ2) is 4.74. The van der Waals surface area contributed by atoms with Gasteiger partial charge in [0, 0.05) is 11.3 Å². The maximum atomic E-state index is 11.8. The van der Waals surface area contributed by atoms with E-state index in [2.05, 4.69) is 0 Å². The molecule has 3 rings (SSSR count). The molecular weight excluding hydrogens is 296 g/mol. The summed E-state index contributed by atoms with van der Waals surface area (Å²) in [7, 11) is 0. The first-order valence-corrected chi connectivity index (χ1v) is 7.24. The van der Waals surface area contributed by atoms with Gasteiger partial charge in [0.25, 0.3) is 0 Å². The minimum atomic E-state index is -1.20. The van der Waals surface area contributed by atoms with E-state index in [1.54, 1.807) is 6.92 Å². The second-order valence-electron chi connectivity index (χ2n) is 4.88. The van der Waals surface area contributed by atoms with Gasteiger partial charge < -0.3 is 15.6 Å². The molecule has 8 heteroatoms. The molecule has 3 aliphatic rings. The highest BCUT2D eigenvalue weighted by Gasteiger charge is 2.51. The third kappa shape index (κ3) is 2.07. The minimum absolute atomic E-state index is 0.0908. The molecule has 21 heavy (non-hydrogen) atoms. The number of ether oxygens (including phenoxy) is 1. The topological polar surface area (TPSA) is 110 Å². The van der Waals surface area contributed by atoms with Gasteiger partial charge in [0.2, 0.25) is 5.91 Å². The highest BCUT2D eigenvalue weighted by atomic mass is 32.2. The fourth-order valence-electron chi connectivity index (χ4n) is 2.38. The summed E-state index contributed by atoms with van der Waals surface area (Å²) in [6.45, 7) is 1.61. The number of nitrogens with zero attached hydrogens (tertiary/aromatic N) is 1. The molecular formula is C13H12N2O5S. The summed E-state index contributed by atoms with van der Waals surface area (Å²) in [6.07, 6.45) is 3.02. The molecule has 110 valence electrons. The number of carboxylic acids is 1. The van der Waals surface area contributed by atoms with Gasteiger partial charge in [-0.15, -0.1) is 11.8 Å². The molecule has 7 nitrogen and oxygen atoms in total. The van der Waals surface area contributed by atoms with Gasteiger partial charge in [-0.3, -0.25) is 9.69 Å². The number of fused-ring (bicyclic) bond motifs is 1. The molecule has 1 saturated heterocycles. The molecule has 0 radical (unpaired) electrons. The fourth-order valence-corrected chi connectivity index (χ4v) is 3.64. The SMILES string of the molecule is CC1=C/C(=C\C2=C(C(=O)O)N3C(=O)[C@@H](N)[C@H]3SC2)OC1=O. The third-order valence-electron chi connectivity index (χ3n) is 3.45. The number of carbonyl (C=O) groups is 3. The highest BCUT2D eigenvalue weighted by Crippen LogP contribution is 2.40. The number of aliphatic carboxylic acids is 1. The number of amides is 1. The first-order chi connectivity index (χ1) is 9.90. The maximum absolute atomic E-state index is 11.8. The predicted octanol–water partition coefficient (Wildman–Crippen LogP) is -0.0455. The normalized spacial score (nSPS) is 30.1. The van der Waals surface area contributed by atoms with Crippen molar-refractivity contribution < 1.29 is 24.2 Å². The van der Waals surface area contributed by atoms with Crippen LogP contribution < -0.4 is 5.73 Å². The number of carboxylic acid groups (broad SMARTS) is 1. The Hall–Kier alpha value is -2.06. The number of carbonyl (C=O) groups excluding carboxylic acids is 2. The van der Waals surface area contributed by atoms with E-state index in [1.165, 1.54) is 28.8 Å². The van der Waals surface area contributed by atoms with Gasteiger partial charge in [-0.05, 0) is 24.6 Å². The molecule has 0 aromatic carbocycles. The first kappa shape index (κ1) is 13.9. The van der Waals surface area contributed by atoms with Crippen molar-refractivity contribution in [3.8, 4) is 0 Å². The van der Waals surface area contributed by atoms with E-state index in [9.17, 15) is 19.5 Å². The van der Waals surface area contributed by atoms with E-state index in [0.29, 0.717) is 16.9 Å². The van der Waals surface area contributed by atoms with Crippen LogP contribution in [0.25, 0.3) is 0 Å². The van der Waals surface area contributed by atoms with E-state index in [0.717, 1.165) is 0 Å². The van der Waals surface area contributed by atoms with Crippen molar-refractivity contribution in [2.45, 2.75) is 18.3 Å². The third-order valence-corrected chi connectivity index (χ3v) is 4.77. The van der Waals surface area contributed by atoms with E-state index in [1.807, 2.05) is 0 Å². The van der Waals surface area contributed by atoms with Crippen LogP contribution in [0.15, 0.2) is 34.8 Å². The summed E-state index contributed by atoms with van der Waals surface area (Å²) in [5.74, 6) is -1.39. The number of β-lactam (4-membered cyclic amide) rings is 1. The number of esters is 1. The van der Waals surface area contributed by atoms with Crippen LogP contribution in [-0.4, -0.2) is 45.0 Å². The van der Waals surface area contributed by atoms with Gasteiger partial charge in [0.15, 0.2) is 0 Å². The molecule has 0 bridgehead atoms. The van der Waals surface area contributed by atoms with Gasteiger partial charge >= 0.3 is 11.9 Å². The lowest BCUT2D eigenvalue weighted by molar-refractivity contribution is -0.147. The lowest BCUT2D eigenvalue weighted by atomic mass is 10.0. The number of cyclic esters (lactones) is 1. The van der Waals surface area contributed by atoms with Crippen molar-refractivity contribution >= 4 is 29.6 Å². The maximum Gasteiger partial charge on any atom is 0.352 e. The first-order valence-electron chi connectivity index (χ1n) is 6.19. The Morgan fingerprint density at radius 2 is 2.29 bits per heavy atom. The van der Waals surface area contributed by atoms with Gasteiger partial charge in [0.05, 0.1) is 0 Å². The summed E-state index contributed by atoms with van der Waals surface area (Å²) in [4.78, 5) is 35.7. The van der Waals surface area contributed by atoms with Crippen LogP contribution in [0.1, 0.15) is 6.92 Å². The molecule has 0 aromatic heterocycles. The van der Waals surface area contributed by atoms with Gasteiger partial charge in [-0.1, -0.05) is 0 Å². The fraction of sp³-hybridized carbons (Fsp3) is 0.308. The van der Waals surface area contributed by atoms with E-state index < -0.39 is 23.9 Å². The Labute approximate surface area is 124 Å². The number of rotatable bonds is 2. The smallest absolute Gasteiger partial charge is 0.352 e. The van der Waals surface area contributed by atoms with Gasteiger partial charge in [-0.2, -0.15) is 0 Å². The molecule has 0 unspecified atom stereocenters. The summed E-state index contributed by atoms with van der Waals surface area (Å²) >= 11 is 1.39. The molecule has 0 saturated carbocycles. The van der Waals surface area contributed by atoms with Crippen LogP contribution >= 0.6 is 11.8 Å². The molecule has 0 spiro atoms. The number of hydrogen-bond donors (Lipinski definition) is 2. The van der Waals surface area contributed by atoms with E-state index in [4.69, 9.17) is 10.5 Å². The lowest BCUT2D eigenvalue weighted by Crippen LogP contribution is -2.68.